The molecule has 0 aliphatic rings. The molecule has 0 aliphatic heterocycles. The molecular formula is C20H22N2O2. The molecule has 0 saturated heterocycles. The second-order valence-electron chi connectivity index (χ2n) is 5.98. The van der Waals surface area contributed by atoms with E-state index >= 15 is 0 Å². The predicted octanol–water partition coefficient (Wildman–Crippen LogP) is 2.74. The molecule has 3 aromatic rings. The van der Waals surface area contributed by atoms with E-state index in [2.05, 4.69) is 6.07 Å². The molecule has 4 nitrogen and oxygen atoms in total. The van der Waals surface area contributed by atoms with Gasteiger partial charge in [0.2, 0.25) is 5.91 Å². The van der Waals surface area contributed by atoms with Crippen LogP contribution in [0.1, 0.15) is 11.1 Å². The standard InChI is InChI=1S/C20H22N2O2/c1-21-15-17(18-9-5-6-10-19(18)21)13-20(24)22(11-12-23)14-16-7-3-2-4-8-16/h2-10,15,23H,11-14H2,1H3. The summed E-state index contributed by atoms with van der Waals surface area (Å²) in [6.07, 6.45) is 2.36. The fourth-order valence-corrected chi connectivity index (χ4v) is 3.06. The van der Waals surface area contributed by atoms with Crippen molar-refractivity contribution in [2.75, 3.05) is 13.2 Å². The molecule has 0 saturated carbocycles. The molecular weight excluding hydrogens is 300 g/mol. The van der Waals surface area contributed by atoms with Crippen LogP contribution in [0.2, 0.25) is 0 Å². The topological polar surface area (TPSA) is 45.5 Å². The van der Waals surface area contributed by atoms with Crippen LogP contribution < -0.4 is 0 Å². The van der Waals surface area contributed by atoms with Crippen LogP contribution >= 0.6 is 0 Å². The van der Waals surface area contributed by atoms with Crippen molar-refractivity contribution in [1.82, 2.24) is 9.47 Å². The highest BCUT2D eigenvalue weighted by molar-refractivity contribution is 5.89. The van der Waals surface area contributed by atoms with Crippen LogP contribution in [0.5, 0.6) is 0 Å². The van der Waals surface area contributed by atoms with Crippen molar-refractivity contribution in [3.8, 4) is 0 Å². The number of aryl methyl sites for hydroxylation is 1. The fraction of sp³-hybridized carbons (Fsp3) is 0.250. The van der Waals surface area contributed by atoms with E-state index < -0.39 is 0 Å². The third kappa shape index (κ3) is 3.49. The zero-order valence-corrected chi connectivity index (χ0v) is 13.9. The van der Waals surface area contributed by atoms with E-state index in [4.69, 9.17) is 0 Å². The molecule has 0 fully saturated rings. The maximum atomic E-state index is 12.8. The summed E-state index contributed by atoms with van der Waals surface area (Å²) in [6.45, 7) is 0.831. The van der Waals surface area contributed by atoms with Gasteiger partial charge in [0.05, 0.1) is 13.0 Å². The molecule has 0 bridgehead atoms. The van der Waals surface area contributed by atoms with Gasteiger partial charge in [-0.15, -0.1) is 0 Å². The number of hydrogen-bond donors (Lipinski definition) is 1. The minimum Gasteiger partial charge on any atom is -0.395 e. The Labute approximate surface area is 141 Å². The Hall–Kier alpha value is -2.59. The first kappa shape index (κ1) is 16.3. The number of carbonyl (C=O) groups is 1. The quantitative estimate of drug-likeness (QED) is 0.758. The van der Waals surface area contributed by atoms with Gasteiger partial charge in [0.15, 0.2) is 0 Å². The summed E-state index contributed by atoms with van der Waals surface area (Å²) < 4.78 is 2.05. The molecule has 0 spiro atoms. The molecule has 24 heavy (non-hydrogen) atoms. The molecule has 0 aliphatic carbocycles. The molecule has 3 rings (SSSR count). The molecule has 124 valence electrons. The van der Waals surface area contributed by atoms with Crippen LogP contribution in [0.4, 0.5) is 0 Å². The van der Waals surface area contributed by atoms with Crippen LogP contribution in [-0.4, -0.2) is 33.6 Å². The number of amides is 1. The van der Waals surface area contributed by atoms with Crippen LogP contribution in [0.3, 0.4) is 0 Å². The Morgan fingerprint density at radius 2 is 1.79 bits per heavy atom. The lowest BCUT2D eigenvalue weighted by molar-refractivity contribution is -0.131. The Balaban J connectivity index is 1.80. The third-order valence-corrected chi connectivity index (χ3v) is 4.26. The number of para-hydroxylation sites is 1. The van der Waals surface area contributed by atoms with Gasteiger partial charge in [-0.2, -0.15) is 0 Å². The normalized spacial score (nSPS) is 10.9. The van der Waals surface area contributed by atoms with Gasteiger partial charge in [-0.25, -0.2) is 0 Å². The number of hydrogen-bond acceptors (Lipinski definition) is 2. The summed E-state index contributed by atoms with van der Waals surface area (Å²) in [6, 6.07) is 18.0. The lowest BCUT2D eigenvalue weighted by atomic mass is 10.1. The molecule has 1 heterocycles. The van der Waals surface area contributed by atoms with Crippen molar-refractivity contribution >= 4 is 16.8 Å². The van der Waals surface area contributed by atoms with Crippen LogP contribution in [0.15, 0.2) is 60.8 Å². The van der Waals surface area contributed by atoms with Crippen LogP contribution in [0, 0.1) is 0 Å². The summed E-state index contributed by atoms with van der Waals surface area (Å²) in [5.41, 5.74) is 3.21. The number of fused-ring (bicyclic) bond motifs is 1. The maximum absolute atomic E-state index is 12.8. The number of benzene rings is 2. The van der Waals surface area contributed by atoms with E-state index in [0.29, 0.717) is 19.5 Å². The van der Waals surface area contributed by atoms with Crippen molar-refractivity contribution in [3.63, 3.8) is 0 Å². The number of aliphatic hydroxyl groups is 1. The maximum Gasteiger partial charge on any atom is 0.227 e. The summed E-state index contributed by atoms with van der Waals surface area (Å²) in [5.74, 6) is 0.0317. The van der Waals surface area contributed by atoms with Gasteiger partial charge in [0.1, 0.15) is 0 Å². The predicted molar refractivity (Wildman–Crippen MR) is 95.6 cm³/mol. The monoisotopic (exact) mass is 322 g/mol. The van der Waals surface area contributed by atoms with Crippen molar-refractivity contribution in [3.05, 3.63) is 71.9 Å². The highest BCUT2D eigenvalue weighted by atomic mass is 16.3. The number of nitrogens with zero attached hydrogens (tertiary/aromatic N) is 2. The average molecular weight is 322 g/mol. The van der Waals surface area contributed by atoms with E-state index in [9.17, 15) is 9.90 Å². The highest BCUT2D eigenvalue weighted by Gasteiger charge is 2.16. The molecule has 1 N–H and O–H groups in total. The van der Waals surface area contributed by atoms with Crippen molar-refractivity contribution < 1.29 is 9.90 Å². The van der Waals surface area contributed by atoms with Gasteiger partial charge in [0, 0.05) is 37.2 Å². The zero-order chi connectivity index (χ0) is 16.9. The molecule has 0 atom stereocenters. The van der Waals surface area contributed by atoms with Crippen molar-refractivity contribution in [1.29, 1.82) is 0 Å². The molecule has 0 radical (unpaired) electrons. The second kappa shape index (κ2) is 7.32. The zero-order valence-electron chi connectivity index (χ0n) is 13.9. The minimum atomic E-state index is -0.0336. The first-order valence-corrected chi connectivity index (χ1v) is 8.14. The van der Waals surface area contributed by atoms with Gasteiger partial charge in [-0.05, 0) is 17.2 Å². The Morgan fingerprint density at radius 1 is 1.08 bits per heavy atom. The molecule has 0 unspecified atom stereocenters. The lowest BCUT2D eigenvalue weighted by Gasteiger charge is -2.22. The summed E-state index contributed by atoms with van der Waals surface area (Å²) in [5, 5.41) is 10.4. The Kier molecular flexibility index (Phi) is 4.96. The van der Waals surface area contributed by atoms with E-state index in [1.165, 1.54) is 0 Å². The SMILES string of the molecule is Cn1cc(CC(=O)N(CCO)Cc2ccccc2)c2ccccc21. The summed E-state index contributed by atoms with van der Waals surface area (Å²) in [4.78, 5) is 14.5. The Morgan fingerprint density at radius 3 is 2.54 bits per heavy atom. The van der Waals surface area contributed by atoms with E-state index in [-0.39, 0.29) is 12.5 Å². The fourth-order valence-electron chi connectivity index (χ4n) is 3.06. The van der Waals surface area contributed by atoms with E-state index in [1.54, 1.807) is 4.90 Å². The van der Waals surface area contributed by atoms with Crippen molar-refractivity contribution in [2.24, 2.45) is 7.05 Å². The van der Waals surface area contributed by atoms with Crippen LogP contribution in [-0.2, 0) is 24.8 Å². The molecule has 4 heteroatoms. The largest absolute Gasteiger partial charge is 0.395 e. The number of carbonyl (C=O) groups excluding carboxylic acids is 1. The highest BCUT2D eigenvalue weighted by Crippen LogP contribution is 2.21. The number of aromatic nitrogens is 1. The van der Waals surface area contributed by atoms with Crippen molar-refractivity contribution in [2.45, 2.75) is 13.0 Å². The van der Waals surface area contributed by atoms with Gasteiger partial charge >= 0.3 is 0 Å². The first-order chi connectivity index (χ1) is 11.7. The smallest absolute Gasteiger partial charge is 0.227 e. The third-order valence-electron chi connectivity index (χ3n) is 4.26. The number of rotatable bonds is 6. The van der Waals surface area contributed by atoms with Gasteiger partial charge in [-0.3, -0.25) is 4.79 Å². The molecule has 2 aromatic carbocycles. The van der Waals surface area contributed by atoms with Gasteiger partial charge in [0.25, 0.3) is 0 Å². The first-order valence-electron chi connectivity index (χ1n) is 8.14. The molecule has 1 amide bonds. The minimum absolute atomic E-state index is 0.0317. The van der Waals surface area contributed by atoms with Gasteiger partial charge < -0.3 is 14.6 Å². The van der Waals surface area contributed by atoms with Crippen LogP contribution in [0.25, 0.3) is 10.9 Å². The Bertz CT molecular complexity index is 824. The van der Waals surface area contributed by atoms with E-state index in [0.717, 1.165) is 22.0 Å². The molecule has 1 aromatic heterocycles. The summed E-state index contributed by atoms with van der Waals surface area (Å²) in [7, 11) is 1.99. The van der Waals surface area contributed by atoms with Gasteiger partial charge in [-0.1, -0.05) is 48.5 Å². The second-order valence-corrected chi connectivity index (χ2v) is 5.98. The lowest BCUT2D eigenvalue weighted by Crippen LogP contribution is -2.34. The average Bonchev–Trinajstić information content (AvgIpc) is 2.92. The summed E-state index contributed by atoms with van der Waals surface area (Å²) >= 11 is 0. The number of aliphatic hydroxyl groups excluding tert-OH is 1. The van der Waals surface area contributed by atoms with E-state index in [1.807, 2.05) is 66.3 Å².